The minimum Gasteiger partial charge on any atom is -0.482 e. The van der Waals surface area contributed by atoms with Crippen LogP contribution in [-0.2, 0) is 16.1 Å². The van der Waals surface area contributed by atoms with Crippen molar-refractivity contribution in [2.45, 2.75) is 19.9 Å². The minimum absolute atomic E-state index is 0.0743. The minimum atomic E-state index is -0.130. The third-order valence-corrected chi connectivity index (χ3v) is 2.97. The number of fused-ring (bicyclic) bond motifs is 1. The first-order valence-corrected chi connectivity index (χ1v) is 6.28. The Morgan fingerprint density at radius 3 is 3.00 bits per heavy atom. The Morgan fingerprint density at radius 1 is 1.47 bits per heavy atom. The molecule has 0 saturated carbocycles. The summed E-state index contributed by atoms with van der Waals surface area (Å²) in [5.41, 5.74) is 1.80. The van der Waals surface area contributed by atoms with Gasteiger partial charge in [-0.05, 0) is 31.7 Å². The normalized spacial score (nSPS) is 13.7. The van der Waals surface area contributed by atoms with Crippen LogP contribution < -0.4 is 10.1 Å². The Hall–Kier alpha value is -1.88. The van der Waals surface area contributed by atoms with Gasteiger partial charge in [0, 0.05) is 19.5 Å². The molecular weight excluding hydrogens is 244 g/mol. The lowest BCUT2D eigenvalue weighted by atomic mass is 10.1. The zero-order valence-corrected chi connectivity index (χ0v) is 11.2. The van der Waals surface area contributed by atoms with E-state index in [4.69, 9.17) is 4.74 Å². The maximum Gasteiger partial charge on any atom is 0.262 e. The molecule has 5 nitrogen and oxygen atoms in total. The van der Waals surface area contributed by atoms with Crippen LogP contribution in [0, 0.1) is 0 Å². The number of rotatable bonds is 5. The van der Waals surface area contributed by atoms with Crippen LogP contribution in [0.15, 0.2) is 18.2 Å². The topological polar surface area (TPSA) is 58.6 Å². The van der Waals surface area contributed by atoms with Crippen LogP contribution in [0.3, 0.4) is 0 Å². The number of ether oxygens (including phenoxy) is 1. The monoisotopic (exact) mass is 262 g/mol. The Labute approximate surface area is 112 Å². The van der Waals surface area contributed by atoms with E-state index in [1.165, 1.54) is 0 Å². The molecule has 0 unspecified atom stereocenters. The van der Waals surface area contributed by atoms with Gasteiger partial charge in [-0.3, -0.25) is 9.59 Å². The predicted octanol–water partition coefficient (Wildman–Crippen LogP) is 1.43. The third-order valence-electron chi connectivity index (χ3n) is 2.97. The molecule has 0 spiro atoms. The van der Waals surface area contributed by atoms with Crippen molar-refractivity contribution in [1.29, 1.82) is 0 Å². The molecule has 1 aromatic rings. The number of hydrogen-bond donors (Lipinski definition) is 1. The molecule has 1 aromatic carbocycles. The number of nitrogens with zero attached hydrogens (tertiary/aromatic N) is 1. The summed E-state index contributed by atoms with van der Waals surface area (Å²) in [6.07, 6.45) is 0.557. The van der Waals surface area contributed by atoms with Gasteiger partial charge in [0.2, 0.25) is 0 Å². The molecule has 1 amide bonds. The number of nitrogens with one attached hydrogen (secondary N) is 1. The summed E-state index contributed by atoms with van der Waals surface area (Å²) in [6.45, 7) is 3.14. The fourth-order valence-electron chi connectivity index (χ4n) is 1.97. The summed E-state index contributed by atoms with van der Waals surface area (Å²) in [4.78, 5) is 24.3. The van der Waals surface area contributed by atoms with Crippen LogP contribution in [0.2, 0.25) is 0 Å². The first-order chi connectivity index (χ1) is 9.04. The predicted molar refractivity (Wildman–Crippen MR) is 72.2 cm³/mol. The number of Topliss-reactive ketones (excluding diaryl/α,β-unsaturated/α-hetero) is 1. The molecule has 2 rings (SSSR count). The third kappa shape index (κ3) is 3.79. The van der Waals surface area contributed by atoms with Crippen LogP contribution in [0.4, 0.5) is 5.69 Å². The van der Waals surface area contributed by atoms with Gasteiger partial charge in [0.25, 0.3) is 5.91 Å². The fourth-order valence-corrected chi connectivity index (χ4v) is 1.97. The second-order valence-electron chi connectivity index (χ2n) is 4.86. The van der Waals surface area contributed by atoms with Crippen molar-refractivity contribution >= 4 is 17.4 Å². The van der Waals surface area contributed by atoms with Crippen molar-refractivity contribution in [2.75, 3.05) is 25.5 Å². The number of hydrogen-bond acceptors (Lipinski definition) is 4. The number of carbonyl (C=O) groups excluding carboxylic acids is 2. The number of benzene rings is 1. The van der Waals surface area contributed by atoms with E-state index in [1.807, 2.05) is 25.2 Å². The molecule has 0 atom stereocenters. The molecule has 1 N–H and O–H groups in total. The van der Waals surface area contributed by atoms with E-state index in [-0.39, 0.29) is 18.3 Å². The molecule has 5 heteroatoms. The lowest BCUT2D eigenvalue weighted by Crippen LogP contribution is -2.26. The van der Waals surface area contributed by atoms with Gasteiger partial charge in [-0.1, -0.05) is 6.07 Å². The molecule has 0 aliphatic carbocycles. The van der Waals surface area contributed by atoms with Gasteiger partial charge in [0.15, 0.2) is 6.61 Å². The Morgan fingerprint density at radius 2 is 2.26 bits per heavy atom. The number of amides is 1. The average Bonchev–Trinajstić information content (AvgIpc) is 2.36. The SMILES string of the molecule is CC(=O)CCN(C)Cc1ccc2c(c1)NC(=O)CO2. The molecular formula is C14H18N2O3. The summed E-state index contributed by atoms with van der Waals surface area (Å²) in [7, 11) is 1.97. The average molecular weight is 262 g/mol. The Balaban J connectivity index is 1.99. The summed E-state index contributed by atoms with van der Waals surface area (Å²) in [5.74, 6) is 0.766. The van der Waals surface area contributed by atoms with Crippen LogP contribution in [-0.4, -0.2) is 36.8 Å². The van der Waals surface area contributed by atoms with Crippen molar-refractivity contribution in [3.05, 3.63) is 23.8 Å². The summed E-state index contributed by atoms with van der Waals surface area (Å²) >= 11 is 0. The first kappa shape index (κ1) is 13.5. The highest BCUT2D eigenvalue weighted by atomic mass is 16.5. The zero-order valence-electron chi connectivity index (χ0n) is 11.2. The van der Waals surface area contributed by atoms with Gasteiger partial charge >= 0.3 is 0 Å². The van der Waals surface area contributed by atoms with E-state index in [2.05, 4.69) is 10.2 Å². The molecule has 1 aliphatic rings. The van der Waals surface area contributed by atoms with Crippen molar-refractivity contribution in [2.24, 2.45) is 0 Å². The molecule has 1 heterocycles. The summed E-state index contributed by atoms with van der Waals surface area (Å²) < 4.78 is 5.30. The summed E-state index contributed by atoms with van der Waals surface area (Å²) in [6, 6.07) is 5.75. The quantitative estimate of drug-likeness (QED) is 0.872. The fraction of sp³-hybridized carbons (Fsp3) is 0.429. The van der Waals surface area contributed by atoms with E-state index >= 15 is 0 Å². The van der Waals surface area contributed by atoms with E-state index in [9.17, 15) is 9.59 Å². The summed E-state index contributed by atoms with van der Waals surface area (Å²) in [5, 5.41) is 2.79. The van der Waals surface area contributed by atoms with Crippen molar-refractivity contribution in [3.8, 4) is 5.75 Å². The van der Waals surface area contributed by atoms with Crippen LogP contribution in [0.1, 0.15) is 18.9 Å². The number of ketones is 1. The maximum absolute atomic E-state index is 11.3. The molecule has 102 valence electrons. The lowest BCUT2D eigenvalue weighted by Gasteiger charge is -2.20. The molecule has 0 radical (unpaired) electrons. The number of carbonyl (C=O) groups is 2. The second-order valence-corrected chi connectivity index (χ2v) is 4.86. The van der Waals surface area contributed by atoms with E-state index in [0.29, 0.717) is 17.9 Å². The highest BCUT2D eigenvalue weighted by Gasteiger charge is 2.16. The van der Waals surface area contributed by atoms with Gasteiger partial charge in [-0.15, -0.1) is 0 Å². The van der Waals surface area contributed by atoms with Gasteiger partial charge in [-0.25, -0.2) is 0 Å². The molecule has 0 bridgehead atoms. The van der Waals surface area contributed by atoms with E-state index < -0.39 is 0 Å². The maximum atomic E-state index is 11.3. The van der Waals surface area contributed by atoms with Gasteiger partial charge in [0.05, 0.1) is 5.69 Å². The van der Waals surface area contributed by atoms with Crippen LogP contribution >= 0.6 is 0 Å². The number of anilines is 1. The first-order valence-electron chi connectivity index (χ1n) is 6.28. The van der Waals surface area contributed by atoms with Gasteiger partial charge < -0.3 is 15.0 Å². The lowest BCUT2D eigenvalue weighted by molar-refractivity contribution is -0.119. The van der Waals surface area contributed by atoms with Gasteiger partial charge in [0.1, 0.15) is 11.5 Å². The van der Waals surface area contributed by atoms with Gasteiger partial charge in [-0.2, -0.15) is 0 Å². The molecule has 1 aliphatic heterocycles. The largest absolute Gasteiger partial charge is 0.482 e. The molecule has 0 aromatic heterocycles. The van der Waals surface area contributed by atoms with E-state index in [1.54, 1.807) is 6.92 Å². The van der Waals surface area contributed by atoms with Crippen molar-refractivity contribution in [1.82, 2.24) is 4.90 Å². The highest BCUT2D eigenvalue weighted by molar-refractivity contribution is 5.95. The van der Waals surface area contributed by atoms with Crippen molar-refractivity contribution < 1.29 is 14.3 Å². The highest BCUT2D eigenvalue weighted by Crippen LogP contribution is 2.28. The van der Waals surface area contributed by atoms with Crippen LogP contribution in [0.5, 0.6) is 5.75 Å². The Kier molecular flexibility index (Phi) is 4.16. The smallest absolute Gasteiger partial charge is 0.262 e. The van der Waals surface area contributed by atoms with E-state index in [0.717, 1.165) is 18.7 Å². The standard InChI is InChI=1S/C14H18N2O3/c1-10(17)5-6-16(2)8-11-3-4-13-12(7-11)15-14(18)9-19-13/h3-4,7H,5-6,8-9H2,1-2H3,(H,15,18). The molecule has 19 heavy (non-hydrogen) atoms. The van der Waals surface area contributed by atoms with Crippen molar-refractivity contribution in [3.63, 3.8) is 0 Å². The molecule has 0 fully saturated rings. The zero-order chi connectivity index (χ0) is 13.8. The Bertz CT molecular complexity index is 499. The van der Waals surface area contributed by atoms with Crippen LogP contribution in [0.25, 0.3) is 0 Å². The second kappa shape index (κ2) is 5.84. The molecule has 0 saturated heterocycles.